The van der Waals surface area contributed by atoms with E-state index in [9.17, 15) is 8.78 Å². The third-order valence-electron chi connectivity index (χ3n) is 2.68. The van der Waals surface area contributed by atoms with Gasteiger partial charge in [0.2, 0.25) is 11.8 Å². The summed E-state index contributed by atoms with van der Waals surface area (Å²) in [5.41, 5.74) is 6.39. The van der Waals surface area contributed by atoms with E-state index in [1.807, 2.05) is 0 Å². The molecule has 1 aromatic rings. The summed E-state index contributed by atoms with van der Waals surface area (Å²) in [4.78, 5) is 3.99. The lowest BCUT2D eigenvalue weighted by atomic mass is 9.82. The van der Waals surface area contributed by atoms with E-state index in [-0.39, 0.29) is 18.8 Å². The lowest BCUT2D eigenvalue weighted by Crippen LogP contribution is -2.38. The van der Waals surface area contributed by atoms with Crippen LogP contribution in [-0.4, -0.2) is 17.5 Å². The van der Waals surface area contributed by atoms with Gasteiger partial charge in [-0.05, 0) is 11.6 Å². The first kappa shape index (κ1) is 11.3. The molecule has 1 aromatic heterocycles. The Morgan fingerprint density at radius 3 is 2.88 bits per heavy atom. The lowest BCUT2D eigenvalue weighted by molar-refractivity contribution is -0.119. The standard InChI is InChI=1S/C11H14F2N2O/c12-11(13)4-9(5-11)7-16-10-3-8(6-14)1-2-15-10/h1-3,9H,4-7,14H2. The van der Waals surface area contributed by atoms with Crippen LogP contribution in [0.15, 0.2) is 18.3 Å². The molecule has 1 saturated carbocycles. The Morgan fingerprint density at radius 1 is 1.50 bits per heavy atom. The maximum atomic E-state index is 12.5. The number of halogens is 2. The smallest absolute Gasteiger partial charge is 0.248 e. The number of nitrogens with two attached hydrogens (primary N) is 1. The fourth-order valence-electron chi connectivity index (χ4n) is 1.76. The molecule has 2 N–H and O–H groups in total. The van der Waals surface area contributed by atoms with E-state index >= 15 is 0 Å². The zero-order chi connectivity index (χ0) is 11.6. The van der Waals surface area contributed by atoms with Crippen molar-refractivity contribution < 1.29 is 13.5 Å². The molecule has 0 aliphatic heterocycles. The van der Waals surface area contributed by atoms with E-state index in [1.54, 1.807) is 18.3 Å². The van der Waals surface area contributed by atoms with Crippen molar-refractivity contribution in [2.24, 2.45) is 11.7 Å². The molecule has 0 radical (unpaired) electrons. The van der Waals surface area contributed by atoms with E-state index in [2.05, 4.69) is 4.98 Å². The van der Waals surface area contributed by atoms with E-state index in [0.29, 0.717) is 19.0 Å². The molecule has 88 valence electrons. The first-order valence-corrected chi connectivity index (χ1v) is 5.25. The van der Waals surface area contributed by atoms with Gasteiger partial charge in [-0.3, -0.25) is 0 Å². The highest BCUT2D eigenvalue weighted by molar-refractivity contribution is 5.20. The minimum atomic E-state index is -2.49. The summed E-state index contributed by atoms with van der Waals surface area (Å²) in [6, 6.07) is 3.53. The summed E-state index contributed by atoms with van der Waals surface area (Å²) in [5.74, 6) is -2.09. The van der Waals surface area contributed by atoms with Crippen LogP contribution in [0.3, 0.4) is 0 Å². The molecular weight excluding hydrogens is 214 g/mol. The van der Waals surface area contributed by atoms with Gasteiger partial charge in [-0.1, -0.05) is 0 Å². The fourth-order valence-corrected chi connectivity index (χ4v) is 1.76. The van der Waals surface area contributed by atoms with Gasteiger partial charge >= 0.3 is 0 Å². The summed E-state index contributed by atoms with van der Waals surface area (Å²) < 4.78 is 30.4. The number of pyridine rings is 1. The van der Waals surface area contributed by atoms with Gasteiger partial charge in [0.1, 0.15) is 0 Å². The molecule has 5 heteroatoms. The Balaban J connectivity index is 1.81. The molecule has 1 fully saturated rings. The molecule has 0 spiro atoms. The highest BCUT2D eigenvalue weighted by Crippen LogP contribution is 2.42. The highest BCUT2D eigenvalue weighted by atomic mass is 19.3. The number of nitrogens with zero attached hydrogens (tertiary/aromatic N) is 1. The van der Waals surface area contributed by atoms with E-state index < -0.39 is 5.92 Å². The molecule has 1 aliphatic rings. The van der Waals surface area contributed by atoms with Gasteiger partial charge in [0.15, 0.2) is 0 Å². The molecule has 0 atom stereocenters. The molecular formula is C11H14F2N2O. The Hall–Kier alpha value is -1.23. The Bertz CT molecular complexity index is 363. The van der Waals surface area contributed by atoms with Crippen LogP contribution in [0, 0.1) is 5.92 Å². The molecule has 16 heavy (non-hydrogen) atoms. The van der Waals surface area contributed by atoms with Crippen LogP contribution in [0.25, 0.3) is 0 Å². The van der Waals surface area contributed by atoms with Gasteiger partial charge < -0.3 is 10.5 Å². The van der Waals surface area contributed by atoms with Crippen LogP contribution in [0.5, 0.6) is 5.88 Å². The first-order valence-electron chi connectivity index (χ1n) is 5.25. The van der Waals surface area contributed by atoms with Gasteiger partial charge in [0.05, 0.1) is 6.61 Å². The van der Waals surface area contributed by atoms with Gasteiger partial charge in [-0.2, -0.15) is 0 Å². The van der Waals surface area contributed by atoms with Crippen molar-refractivity contribution in [1.29, 1.82) is 0 Å². The zero-order valence-electron chi connectivity index (χ0n) is 8.83. The molecule has 1 heterocycles. The molecule has 3 nitrogen and oxygen atoms in total. The molecule has 0 amide bonds. The van der Waals surface area contributed by atoms with Crippen LogP contribution in [-0.2, 0) is 6.54 Å². The Labute approximate surface area is 92.6 Å². The molecule has 0 unspecified atom stereocenters. The van der Waals surface area contributed by atoms with Gasteiger partial charge in [-0.25, -0.2) is 13.8 Å². The summed E-state index contributed by atoms with van der Waals surface area (Å²) in [6.45, 7) is 0.719. The second-order valence-electron chi connectivity index (χ2n) is 4.15. The number of aromatic nitrogens is 1. The number of alkyl halides is 2. The summed E-state index contributed by atoms with van der Waals surface area (Å²) in [5, 5.41) is 0. The van der Waals surface area contributed by atoms with Crippen molar-refractivity contribution >= 4 is 0 Å². The molecule has 0 bridgehead atoms. The average Bonchev–Trinajstić information content (AvgIpc) is 2.23. The fraction of sp³-hybridized carbons (Fsp3) is 0.545. The summed E-state index contributed by atoms with van der Waals surface area (Å²) in [6.07, 6.45) is 1.44. The Kier molecular flexibility index (Phi) is 3.05. The largest absolute Gasteiger partial charge is 0.477 e. The van der Waals surface area contributed by atoms with Gasteiger partial charge in [-0.15, -0.1) is 0 Å². The van der Waals surface area contributed by atoms with Crippen LogP contribution in [0.4, 0.5) is 8.78 Å². The number of ether oxygens (including phenoxy) is 1. The minimum absolute atomic E-state index is 0.0571. The summed E-state index contributed by atoms with van der Waals surface area (Å²) in [7, 11) is 0. The zero-order valence-corrected chi connectivity index (χ0v) is 8.83. The van der Waals surface area contributed by atoms with E-state index in [0.717, 1.165) is 5.56 Å². The molecule has 2 rings (SSSR count). The van der Waals surface area contributed by atoms with Crippen LogP contribution < -0.4 is 10.5 Å². The van der Waals surface area contributed by atoms with Gasteiger partial charge in [0.25, 0.3) is 0 Å². The first-order chi connectivity index (χ1) is 7.59. The molecule has 0 saturated heterocycles. The van der Waals surface area contributed by atoms with Crippen molar-refractivity contribution in [2.75, 3.05) is 6.61 Å². The molecule has 0 aromatic carbocycles. The predicted octanol–water partition coefficient (Wildman–Crippen LogP) is 1.96. The number of hydrogen-bond acceptors (Lipinski definition) is 3. The maximum Gasteiger partial charge on any atom is 0.248 e. The van der Waals surface area contributed by atoms with Crippen LogP contribution in [0.1, 0.15) is 18.4 Å². The SMILES string of the molecule is NCc1ccnc(OCC2CC(F)(F)C2)c1. The van der Waals surface area contributed by atoms with Crippen LogP contribution in [0.2, 0.25) is 0 Å². The topological polar surface area (TPSA) is 48.1 Å². The predicted molar refractivity (Wildman–Crippen MR) is 55.3 cm³/mol. The minimum Gasteiger partial charge on any atom is -0.477 e. The Morgan fingerprint density at radius 2 is 2.25 bits per heavy atom. The third-order valence-corrected chi connectivity index (χ3v) is 2.68. The van der Waals surface area contributed by atoms with Crippen molar-refractivity contribution in [2.45, 2.75) is 25.3 Å². The molecule has 1 aliphatic carbocycles. The second-order valence-corrected chi connectivity index (χ2v) is 4.15. The van der Waals surface area contributed by atoms with Gasteiger partial charge in [0, 0.05) is 37.6 Å². The van der Waals surface area contributed by atoms with Crippen molar-refractivity contribution in [1.82, 2.24) is 4.98 Å². The van der Waals surface area contributed by atoms with Crippen molar-refractivity contribution in [3.8, 4) is 5.88 Å². The summed E-state index contributed by atoms with van der Waals surface area (Å²) >= 11 is 0. The quantitative estimate of drug-likeness (QED) is 0.857. The lowest BCUT2D eigenvalue weighted by Gasteiger charge is -2.34. The van der Waals surface area contributed by atoms with Crippen LogP contribution >= 0.6 is 0 Å². The number of rotatable bonds is 4. The third kappa shape index (κ3) is 2.66. The second kappa shape index (κ2) is 4.33. The maximum absolute atomic E-state index is 12.5. The van der Waals surface area contributed by atoms with E-state index in [4.69, 9.17) is 10.5 Å². The normalized spacial score (nSPS) is 19.2. The monoisotopic (exact) mass is 228 g/mol. The number of hydrogen-bond donors (Lipinski definition) is 1. The van der Waals surface area contributed by atoms with E-state index in [1.165, 1.54) is 0 Å². The van der Waals surface area contributed by atoms with Crippen molar-refractivity contribution in [3.05, 3.63) is 23.9 Å². The highest BCUT2D eigenvalue weighted by Gasteiger charge is 2.45. The van der Waals surface area contributed by atoms with Crippen molar-refractivity contribution in [3.63, 3.8) is 0 Å². The average molecular weight is 228 g/mol.